The highest BCUT2D eigenvalue weighted by Crippen LogP contribution is 2.28. The minimum Gasteiger partial charge on any atom is -0.493 e. The van der Waals surface area contributed by atoms with Gasteiger partial charge in [0.25, 0.3) is 0 Å². The van der Waals surface area contributed by atoms with E-state index in [0.717, 1.165) is 21.5 Å². The van der Waals surface area contributed by atoms with Crippen molar-refractivity contribution in [2.45, 2.75) is 19.1 Å². The van der Waals surface area contributed by atoms with Crippen molar-refractivity contribution < 1.29 is 14.3 Å². The van der Waals surface area contributed by atoms with Gasteiger partial charge in [-0.15, -0.1) is 11.8 Å². The van der Waals surface area contributed by atoms with Gasteiger partial charge in [-0.3, -0.25) is 4.79 Å². The average Bonchev–Trinajstić information content (AvgIpc) is 2.68. The summed E-state index contributed by atoms with van der Waals surface area (Å²) in [6.45, 7) is 1.99. The van der Waals surface area contributed by atoms with E-state index in [0.29, 0.717) is 23.7 Å². The Morgan fingerprint density at radius 2 is 1.93 bits per heavy atom. The number of nitrogens with one attached hydrogen (secondary N) is 1. The van der Waals surface area contributed by atoms with E-state index in [2.05, 4.69) is 32.5 Å². The van der Waals surface area contributed by atoms with Gasteiger partial charge >= 0.3 is 0 Å². The molecule has 0 aromatic heterocycles. The van der Waals surface area contributed by atoms with Crippen molar-refractivity contribution in [3.63, 3.8) is 0 Å². The molecule has 0 bridgehead atoms. The summed E-state index contributed by atoms with van der Waals surface area (Å²) >= 11 is 5.00. The van der Waals surface area contributed by atoms with Crippen molar-refractivity contribution in [2.24, 2.45) is 5.10 Å². The lowest BCUT2D eigenvalue weighted by Crippen LogP contribution is -2.21. The molecule has 7 heteroatoms. The molecule has 0 spiro atoms. The number of nitrogens with zero attached hydrogens (tertiary/aromatic N) is 1. The molecule has 0 aliphatic heterocycles. The third-order valence-corrected chi connectivity index (χ3v) is 5.26. The van der Waals surface area contributed by atoms with Crippen molar-refractivity contribution in [3.8, 4) is 11.5 Å². The zero-order chi connectivity index (χ0) is 19.6. The van der Waals surface area contributed by atoms with E-state index < -0.39 is 0 Å². The maximum absolute atomic E-state index is 12.1. The topological polar surface area (TPSA) is 59.9 Å². The summed E-state index contributed by atoms with van der Waals surface area (Å²) in [5.41, 5.74) is 5.48. The van der Waals surface area contributed by atoms with Crippen LogP contribution in [0.15, 0.2) is 52.0 Å². The van der Waals surface area contributed by atoms with E-state index in [9.17, 15) is 4.79 Å². The summed E-state index contributed by atoms with van der Waals surface area (Å²) in [6, 6.07) is 13.6. The van der Waals surface area contributed by atoms with Crippen molar-refractivity contribution in [3.05, 3.63) is 58.1 Å². The molecule has 0 atom stereocenters. The fraction of sp³-hybridized carbons (Fsp3) is 0.300. The van der Waals surface area contributed by atoms with E-state index >= 15 is 0 Å². The first-order valence-corrected chi connectivity index (χ1v) is 10.4. The van der Waals surface area contributed by atoms with E-state index in [4.69, 9.17) is 9.47 Å². The molecule has 144 valence electrons. The number of amides is 1. The zero-order valence-corrected chi connectivity index (χ0v) is 18.0. The van der Waals surface area contributed by atoms with Crippen LogP contribution in [-0.2, 0) is 10.5 Å². The molecule has 0 heterocycles. The first kappa shape index (κ1) is 21.3. The third kappa shape index (κ3) is 6.59. The van der Waals surface area contributed by atoms with Crippen LogP contribution in [0.1, 0.15) is 24.5 Å². The second-order valence-electron chi connectivity index (χ2n) is 5.64. The summed E-state index contributed by atoms with van der Waals surface area (Å²) in [5.74, 6) is 2.28. The van der Waals surface area contributed by atoms with Crippen LogP contribution in [0, 0.1) is 0 Å². The Morgan fingerprint density at radius 3 is 2.59 bits per heavy atom. The highest BCUT2D eigenvalue weighted by Gasteiger charge is 2.09. The van der Waals surface area contributed by atoms with Gasteiger partial charge in [-0.1, -0.05) is 35.0 Å². The summed E-state index contributed by atoms with van der Waals surface area (Å²) in [6.07, 6.45) is 0.681. The number of methoxy groups -OCH3 is 2. The lowest BCUT2D eigenvalue weighted by molar-refractivity contribution is -0.118. The number of thioether (sulfide) groups is 1. The molecular formula is C20H23BrN2O3S. The van der Waals surface area contributed by atoms with Crippen LogP contribution in [0.5, 0.6) is 11.5 Å². The second-order valence-corrected chi connectivity index (χ2v) is 7.54. The van der Waals surface area contributed by atoms with E-state index in [1.807, 2.05) is 43.3 Å². The van der Waals surface area contributed by atoms with Gasteiger partial charge in [0.05, 0.1) is 25.7 Å². The number of rotatable bonds is 9. The minimum absolute atomic E-state index is 0.124. The molecule has 0 aliphatic rings. The first-order valence-electron chi connectivity index (χ1n) is 8.47. The third-order valence-electron chi connectivity index (χ3n) is 3.76. The van der Waals surface area contributed by atoms with E-state index in [-0.39, 0.29) is 5.91 Å². The molecule has 0 saturated carbocycles. The molecule has 1 N–H and O–H groups in total. The smallest absolute Gasteiger partial charge is 0.250 e. The molecule has 0 fully saturated rings. The molecule has 0 radical (unpaired) electrons. The maximum Gasteiger partial charge on any atom is 0.250 e. The maximum atomic E-state index is 12.1. The van der Waals surface area contributed by atoms with Crippen molar-refractivity contribution in [1.29, 1.82) is 0 Å². The molecule has 27 heavy (non-hydrogen) atoms. The Labute approximate surface area is 172 Å². The predicted octanol–water partition coefficient (Wildman–Crippen LogP) is 4.63. The van der Waals surface area contributed by atoms with Crippen LogP contribution in [0.4, 0.5) is 0 Å². The first-order chi connectivity index (χ1) is 13.1. The number of hydrazone groups is 1. The minimum atomic E-state index is -0.124. The largest absolute Gasteiger partial charge is 0.493 e. The molecule has 2 aromatic carbocycles. The van der Waals surface area contributed by atoms with Crippen LogP contribution < -0.4 is 14.9 Å². The highest BCUT2D eigenvalue weighted by molar-refractivity contribution is 9.10. The van der Waals surface area contributed by atoms with Crippen molar-refractivity contribution >= 4 is 39.3 Å². The molecule has 2 rings (SSSR count). The van der Waals surface area contributed by atoms with E-state index in [1.165, 1.54) is 5.56 Å². The number of hydrogen-bond donors (Lipinski definition) is 1. The molecule has 0 saturated heterocycles. The fourth-order valence-corrected chi connectivity index (χ4v) is 3.63. The van der Waals surface area contributed by atoms with Crippen LogP contribution in [0.3, 0.4) is 0 Å². The molecule has 0 unspecified atom stereocenters. The Hall–Kier alpha value is -1.99. The highest BCUT2D eigenvalue weighted by atomic mass is 79.9. The van der Waals surface area contributed by atoms with Gasteiger partial charge in [-0.05, 0) is 42.3 Å². The van der Waals surface area contributed by atoms with E-state index in [1.54, 1.807) is 26.0 Å². The number of ether oxygens (including phenoxy) is 2. The summed E-state index contributed by atoms with van der Waals surface area (Å²) < 4.78 is 11.6. The number of halogens is 1. The molecule has 0 aliphatic carbocycles. The Morgan fingerprint density at radius 1 is 1.15 bits per heavy atom. The van der Waals surface area contributed by atoms with Gasteiger partial charge in [0, 0.05) is 15.8 Å². The Bertz CT molecular complexity index is 812. The van der Waals surface area contributed by atoms with Crippen molar-refractivity contribution in [2.75, 3.05) is 20.0 Å². The number of hydrogen-bond acceptors (Lipinski definition) is 5. The van der Waals surface area contributed by atoms with Crippen LogP contribution >= 0.6 is 27.7 Å². The Balaban J connectivity index is 1.92. The lowest BCUT2D eigenvalue weighted by Gasteiger charge is -2.10. The van der Waals surface area contributed by atoms with Crippen molar-refractivity contribution in [1.82, 2.24) is 5.43 Å². The van der Waals surface area contributed by atoms with Gasteiger partial charge < -0.3 is 9.47 Å². The van der Waals surface area contributed by atoms with Gasteiger partial charge in [0.15, 0.2) is 11.5 Å². The second kappa shape index (κ2) is 11.0. The molecule has 2 aromatic rings. The van der Waals surface area contributed by atoms with Gasteiger partial charge in [-0.25, -0.2) is 5.43 Å². The normalized spacial score (nSPS) is 11.2. The molecule has 5 nitrogen and oxygen atoms in total. The zero-order valence-electron chi connectivity index (χ0n) is 15.6. The summed E-state index contributed by atoms with van der Waals surface area (Å²) in [4.78, 5) is 12.1. The number of carbonyl (C=O) groups excluding carboxylic acids is 1. The number of benzene rings is 2. The van der Waals surface area contributed by atoms with Crippen LogP contribution in [0.2, 0.25) is 0 Å². The van der Waals surface area contributed by atoms with Crippen LogP contribution in [0.25, 0.3) is 0 Å². The monoisotopic (exact) mass is 450 g/mol. The summed E-state index contributed by atoms with van der Waals surface area (Å²) in [7, 11) is 3.19. The van der Waals surface area contributed by atoms with Gasteiger partial charge in [-0.2, -0.15) is 5.10 Å². The van der Waals surface area contributed by atoms with Gasteiger partial charge in [0.1, 0.15) is 0 Å². The Kier molecular flexibility index (Phi) is 8.67. The lowest BCUT2D eigenvalue weighted by atomic mass is 10.1. The molecular weight excluding hydrogens is 428 g/mol. The SMILES string of the molecule is CC/C(=N\NC(=O)CSCc1cccc(Br)c1)c1ccc(OC)c(OC)c1. The number of carbonyl (C=O) groups is 1. The predicted molar refractivity (Wildman–Crippen MR) is 115 cm³/mol. The van der Waals surface area contributed by atoms with Gasteiger partial charge in [0.2, 0.25) is 5.91 Å². The molecule has 1 amide bonds. The fourth-order valence-electron chi connectivity index (χ4n) is 2.41. The quantitative estimate of drug-likeness (QED) is 0.446. The summed E-state index contributed by atoms with van der Waals surface area (Å²) in [5, 5.41) is 4.28. The average molecular weight is 451 g/mol. The standard InChI is InChI=1S/C20H23BrN2O3S/c1-4-17(15-8-9-18(25-2)19(11-15)26-3)22-23-20(24)13-27-12-14-6-5-7-16(21)10-14/h5-11H,4,12-13H2,1-3H3,(H,23,24)/b22-17+. The van der Waals surface area contributed by atoms with Crippen LogP contribution in [-0.4, -0.2) is 31.6 Å².